The number of likely N-dealkylation sites (tertiary alicyclic amines) is 1. The summed E-state index contributed by atoms with van der Waals surface area (Å²) < 4.78 is 18.1. The van der Waals surface area contributed by atoms with Gasteiger partial charge in [-0.15, -0.1) is 11.8 Å². The number of hydrogen-bond donors (Lipinski definition) is 2. The summed E-state index contributed by atoms with van der Waals surface area (Å²) in [4.78, 5) is 27.8. The number of thioether (sulfide) groups is 1. The summed E-state index contributed by atoms with van der Waals surface area (Å²) >= 11 is 1.52. The molecule has 0 aromatic heterocycles. The molecule has 2 N–H and O–H groups in total. The van der Waals surface area contributed by atoms with Crippen molar-refractivity contribution in [1.29, 1.82) is 0 Å². The Balaban J connectivity index is 1.42. The van der Waals surface area contributed by atoms with Gasteiger partial charge < -0.3 is 20.3 Å². The second kappa shape index (κ2) is 10.3. The summed E-state index contributed by atoms with van der Waals surface area (Å²) in [5.74, 6) is 0.541. The van der Waals surface area contributed by atoms with Gasteiger partial charge in [-0.05, 0) is 68.3 Å². The van der Waals surface area contributed by atoms with Crippen molar-refractivity contribution >= 4 is 29.4 Å². The Morgan fingerprint density at radius 2 is 1.73 bits per heavy atom. The van der Waals surface area contributed by atoms with E-state index in [1.807, 2.05) is 36.1 Å². The van der Waals surface area contributed by atoms with E-state index in [9.17, 15) is 14.0 Å². The molecule has 2 aromatic carbocycles. The van der Waals surface area contributed by atoms with Gasteiger partial charge in [-0.2, -0.15) is 0 Å². The maximum atomic E-state index is 12.9. The minimum Gasteiger partial charge on any atom is -0.497 e. The Hall–Kier alpha value is -2.74. The van der Waals surface area contributed by atoms with Crippen molar-refractivity contribution in [1.82, 2.24) is 10.2 Å². The number of carbonyl (C=O) groups is 2. The second-order valence-corrected chi connectivity index (χ2v) is 8.55. The molecule has 1 atom stereocenters. The van der Waals surface area contributed by atoms with Gasteiger partial charge in [-0.25, -0.2) is 9.18 Å². The zero-order valence-corrected chi connectivity index (χ0v) is 17.9. The molecular weight excluding hydrogens is 405 g/mol. The van der Waals surface area contributed by atoms with Crippen molar-refractivity contribution in [2.24, 2.45) is 0 Å². The molecule has 0 spiro atoms. The van der Waals surface area contributed by atoms with Crippen LogP contribution in [0.5, 0.6) is 5.75 Å². The van der Waals surface area contributed by atoms with Crippen LogP contribution in [0, 0.1) is 5.82 Å². The van der Waals surface area contributed by atoms with E-state index >= 15 is 0 Å². The molecule has 160 valence electrons. The lowest BCUT2D eigenvalue weighted by Gasteiger charge is -2.33. The first-order chi connectivity index (χ1) is 14.4. The van der Waals surface area contributed by atoms with Crippen LogP contribution in [0.1, 0.15) is 19.8 Å². The highest BCUT2D eigenvalue weighted by Gasteiger charge is 2.27. The van der Waals surface area contributed by atoms with E-state index in [0.29, 0.717) is 31.6 Å². The van der Waals surface area contributed by atoms with E-state index in [1.54, 1.807) is 7.11 Å². The van der Waals surface area contributed by atoms with Gasteiger partial charge in [-0.1, -0.05) is 0 Å². The molecule has 1 aliphatic rings. The molecule has 1 aliphatic heterocycles. The molecule has 0 aliphatic carbocycles. The Labute approximate surface area is 180 Å². The number of ether oxygens (including phenoxy) is 1. The highest BCUT2D eigenvalue weighted by molar-refractivity contribution is 8.00. The molecule has 6 nitrogen and oxygen atoms in total. The van der Waals surface area contributed by atoms with Crippen molar-refractivity contribution in [2.45, 2.75) is 36.0 Å². The summed E-state index contributed by atoms with van der Waals surface area (Å²) in [6.45, 7) is 3.12. The van der Waals surface area contributed by atoms with E-state index < -0.39 is 0 Å². The van der Waals surface area contributed by atoms with Gasteiger partial charge in [0.15, 0.2) is 0 Å². The van der Waals surface area contributed by atoms with Crippen LogP contribution in [0.3, 0.4) is 0 Å². The maximum absolute atomic E-state index is 12.9. The number of nitrogens with one attached hydrogen (secondary N) is 2. The molecule has 0 radical (unpaired) electrons. The molecule has 0 bridgehead atoms. The summed E-state index contributed by atoms with van der Waals surface area (Å²) in [5.41, 5.74) is 0.533. The minimum absolute atomic E-state index is 0.000884. The van der Waals surface area contributed by atoms with Crippen LogP contribution in [0.15, 0.2) is 53.4 Å². The third-order valence-electron chi connectivity index (χ3n) is 4.96. The van der Waals surface area contributed by atoms with Crippen molar-refractivity contribution in [3.05, 3.63) is 54.3 Å². The number of carbonyl (C=O) groups excluding carboxylic acids is 2. The Kier molecular flexibility index (Phi) is 7.57. The number of anilines is 1. The minimum atomic E-state index is -0.350. The molecule has 1 fully saturated rings. The fourth-order valence-electron chi connectivity index (χ4n) is 3.30. The second-order valence-electron chi connectivity index (χ2n) is 7.14. The topological polar surface area (TPSA) is 70.7 Å². The molecule has 1 heterocycles. The lowest BCUT2D eigenvalue weighted by Crippen LogP contribution is -2.49. The van der Waals surface area contributed by atoms with Crippen LogP contribution in [0.2, 0.25) is 0 Å². The Morgan fingerprint density at radius 1 is 1.10 bits per heavy atom. The molecule has 0 saturated carbocycles. The SMILES string of the molecule is COc1ccc(S[C@H](C)C(=O)N2CCC(NC(=O)Nc3ccc(F)cc3)CC2)cc1. The average molecular weight is 432 g/mol. The van der Waals surface area contributed by atoms with Crippen LogP contribution >= 0.6 is 11.8 Å². The normalized spacial score (nSPS) is 15.4. The molecule has 3 rings (SSSR count). The van der Waals surface area contributed by atoms with Crippen molar-refractivity contribution in [2.75, 3.05) is 25.5 Å². The quantitative estimate of drug-likeness (QED) is 0.675. The summed E-state index contributed by atoms with van der Waals surface area (Å²) in [7, 11) is 1.62. The number of piperidine rings is 1. The Bertz CT molecular complexity index is 853. The summed E-state index contributed by atoms with van der Waals surface area (Å²) in [6, 6.07) is 13.0. The maximum Gasteiger partial charge on any atom is 0.319 e. The number of amides is 3. The van der Waals surface area contributed by atoms with Gasteiger partial charge >= 0.3 is 6.03 Å². The predicted octanol–water partition coefficient (Wildman–Crippen LogP) is 4.13. The van der Waals surface area contributed by atoms with Crippen LogP contribution in [-0.2, 0) is 4.79 Å². The number of benzene rings is 2. The third kappa shape index (κ3) is 6.13. The van der Waals surface area contributed by atoms with E-state index in [4.69, 9.17) is 4.74 Å². The van der Waals surface area contributed by atoms with E-state index in [-0.39, 0.29) is 29.0 Å². The molecule has 0 unspecified atom stereocenters. The summed E-state index contributed by atoms with van der Waals surface area (Å²) in [6.07, 6.45) is 1.39. The number of urea groups is 1. The molecule has 1 saturated heterocycles. The van der Waals surface area contributed by atoms with Gasteiger partial charge in [0.25, 0.3) is 0 Å². The highest BCUT2D eigenvalue weighted by Crippen LogP contribution is 2.27. The van der Waals surface area contributed by atoms with Gasteiger partial charge in [-0.3, -0.25) is 4.79 Å². The molecule has 30 heavy (non-hydrogen) atoms. The first-order valence-electron chi connectivity index (χ1n) is 9.87. The smallest absolute Gasteiger partial charge is 0.319 e. The van der Waals surface area contributed by atoms with Gasteiger partial charge in [0.05, 0.1) is 12.4 Å². The Morgan fingerprint density at radius 3 is 2.33 bits per heavy atom. The van der Waals surface area contributed by atoms with Gasteiger partial charge in [0, 0.05) is 29.7 Å². The lowest BCUT2D eigenvalue weighted by molar-refractivity contribution is -0.131. The average Bonchev–Trinajstić information content (AvgIpc) is 2.76. The van der Waals surface area contributed by atoms with Crippen molar-refractivity contribution < 1.29 is 18.7 Å². The number of halogens is 1. The monoisotopic (exact) mass is 431 g/mol. The van der Waals surface area contributed by atoms with Gasteiger partial charge in [0.2, 0.25) is 5.91 Å². The number of hydrogen-bond acceptors (Lipinski definition) is 4. The van der Waals surface area contributed by atoms with Gasteiger partial charge in [0.1, 0.15) is 11.6 Å². The van der Waals surface area contributed by atoms with Crippen LogP contribution in [-0.4, -0.2) is 48.3 Å². The first-order valence-corrected chi connectivity index (χ1v) is 10.7. The zero-order valence-electron chi connectivity index (χ0n) is 17.1. The van der Waals surface area contributed by atoms with E-state index in [1.165, 1.54) is 36.0 Å². The molecule has 8 heteroatoms. The van der Waals surface area contributed by atoms with Crippen LogP contribution < -0.4 is 15.4 Å². The lowest BCUT2D eigenvalue weighted by atomic mass is 10.0. The number of rotatable bonds is 6. The van der Waals surface area contributed by atoms with E-state index in [0.717, 1.165) is 10.6 Å². The number of methoxy groups -OCH3 is 1. The number of nitrogens with zero attached hydrogens (tertiary/aromatic N) is 1. The third-order valence-corrected chi connectivity index (χ3v) is 6.06. The van der Waals surface area contributed by atoms with E-state index in [2.05, 4.69) is 10.6 Å². The first kappa shape index (κ1) is 22.0. The fourth-order valence-corrected chi connectivity index (χ4v) is 4.25. The van der Waals surface area contributed by atoms with Crippen molar-refractivity contribution in [3.63, 3.8) is 0 Å². The highest BCUT2D eigenvalue weighted by atomic mass is 32.2. The molecular formula is C22H26FN3O3S. The predicted molar refractivity (Wildman–Crippen MR) is 116 cm³/mol. The van der Waals surface area contributed by atoms with Crippen LogP contribution in [0.25, 0.3) is 0 Å². The zero-order chi connectivity index (χ0) is 21.5. The van der Waals surface area contributed by atoms with Crippen LogP contribution in [0.4, 0.5) is 14.9 Å². The molecule has 3 amide bonds. The molecule has 2 aromatic rings. The fraction of sp³-hybridized carbons (Fsp3) is 0.364. The van der Waals surface area contributed by atoms with Crippen molar-refractivity contribution in [3.8, 4) is 5.75 Å². The largest absolute Gasteiger partial charge is 0.497 e. The summed E-state index contributed by atoms with van der Waals surface area (Å²) in [5, 5.41) is 5.43. The standard InChI is InChI=1S/C22H26FN3O3S/c1-15(30-20-9-7-19(29-2)8-10-20)21(27)26-13-11-18(12-14-26)25-22(28)24-17-5-3-16(23)4-6-17/h3-10,15,18H,11-14H2,1-2H3,(H2,24,25,28)/t15-/m1/s1.